The molecule has 0 fully saturated rings. The van der Waals surface area contributed by atoms with Crippen LogP contribution in [0.25, 0.3) is 0 Å². The molecule has 0 unspecified atom stereocenters. The Morgan fingerprint density at radius 3 is 1.50 bits per heavy atom. The molecule has 0 saturated carbocycles. The zero-order valence-corrected chi connectivity index (χ0v) is 13.3. The van der Waals surface area contributed by atoms with Crippen LogP contribution in [0, 0.1) is 0 Å². The third-order valence-electron chi connectivity index (χ3n) is 2.65. The van der Waals surface area contributed by atoms with Gasteiger partial charge < -0.3 is 24.7 Å². The molecule has 0 bridgehead atoms. The van der Waals surface area contributed by atoms with Crippen LogP contribution in [-0.4, -0.2) is 55.3 Å². The molecule has 0 heterocycles. The van der Waals surface area contributed by atoms with Crippen LogP contribution in [-0.2, 0) is 9.13 Å². The van der Waals surface area contributed by atoms with E-state index in [1.54, 1.807) is 0 Å². The summed E-state index contributed by atoms with van der Waals surface area (Å²) in [5.41, 5.74) is 0. The lowest BCUT2D eigenvalue weighted by Gasteiger charge is -2.22. The summed E-state index contributed by atoms with van der Waals surface area (Å²) >= 11 is 0. The molecule has 0 radical (unpaired) electrons. The molecular formula is C10H25NO7P2. The van der Waals surface area contributed by atoms with E-state index in [2.05, 4.69) is 0 Å². The van der Waals surface area contributed by atoms with Crippen molar-refractivity contribution in [3.63, 3.8) is 0 Å². The molecule has 0 rings (SSSR count). The highest BCUT2D eigenvalue weighted by Gasteiger charge is 2.25. The van der Waals surface area contributed by atoms with Gasteiger partial charge in [-0.15, -0.1) is 0 Å². The van der Waals surface area contributed by atoms with Crippen molar-refractivity contribution in [3.05, 3.63) is 0 Å². The van der Waals surface area contributed by atoms with Gasteiger partial charge in [0, 0.05) is 6.61 Å². The zero-order valence-electron chi connectivity index (χ0n) is 11.5. The quantitative estimate of drug-likeness (QED) is 0.262. The van der Waals surface area contributed by atoms with Gasteiger partial charge in [-0.05, 0) is 19.4 Å². The second-order valence-corrected chi connectivity index (χ2v) is 8.08. The fourth-order valence-electron chi connectivity index (χ4n) is 1.86. The van der Waals surface area contributed by atoms with Crippen molar-refractivity contribution in [1.82, 2.24) is 4.90 Å². The summed E-state index contributed by atoms with van der Waals surface area (Å²) in [6.07, 6.45) is 3.78. The molecule has 0 aliphatic rings. The van der Waals surface area contributed by atoms with Gasteiger partial charge in [-0.1, -0.05) is 25.7 Å². The van der Waals surface area contributed by atoms with Crippen molar-refractivity contribution in [2.24, 2.45) is 0 Å². The topological polar surface area (TPSA) is 139 Å². The molecule has 0 saturated heterocycles. The molecule has 0 aromatic heterocycles. The molecular weight excluding hydrogens is 308 g/mol. The number of hydrogen-bond donors (Lipinski definition) is 5. The summed E-state index contributed by atoms with van der Waals surface area (Å²) in [7, 11) is -8.65. The summed E-state index contributed by atoms with van der Waals surface area (Å²) in [4.78, 5) is 36.6. The molecule has 0 aromatic rings. The lowest BCUT2D eigenvalue weighted by Crippen LogP contribution is -2.27. The monoisotopic (exact) mass is 333 g/mol. The summed E-state index contributed by atoms with van der Waals surface area (Å²) in [6.45, 7) is 0.425. The van der Waals surface area contributed by atoms with Gasteiger partial charge in [-0.25, -0.2) is 0 Å². The average Bonchev–Trinajstić information content (AvgIpc) is 2.23. The Morgan fingerprint density at radius 1 is 0.700 bits per heavy atom. The molecule has 20 heavy (non-hydrogen) atoms. The Labute approximate surface area is 119 Å². The second-order valence-electron chi connectivity index (χ2n) is 4.85. The minimum atomic E-state index is -4.32. The molecule has 122 valence electrons. The van der Waals surface area contributed by atoms with Crippen molar-refractivity contribution < 1.29 is 33.8 Å². The van der Waals surface area contributed by atoms with Gasteiger partial charge in [0.05, 0.1) is 0 Å². The highest BCUT2D eigenvalue weighted by atomic mass is 31.2. The first-order valence-electron chi connectivity index (χ1n) is 6.56. The van der Waals surface area contributed by atoms with E-state index in [-0.39, 0.29) is 13.2 Å². The normalized spacial score (nSPS) is 13.1. The van der Waals surface area contributed by atoms with Crippen LogP contribution in [0.5, 0.6) is 0 Å². The fraction of sp³-hybridized carbons (Fsp3) is 1.00. The summed E-state index contributed by atoms with van der Waals surface area (Å²) in [6, 6.07) is 0. The Balaban J connectivity index is 3.98. The van der Waals surface area contributed by atoms with Gasteiger partial charge in [-0.2, -0.15) is 0 Å². The van der Waals surface area contributed by atoms with Gasteiger partial charge in [0.1, 0.15) is 12.6 Å². The molecule has 5 N–H and O–H groups in total. The van der Waals surface area contributed by atoms with Gasteiger partial charge in [0.2, 0.25) is 0 Å². The molecule has 0 atom stereocenters. The fourth-order valence-corrected chi connectivity index (χ4v) is 3.54. The lowest BCUT2D eigenvalue weighted by molar-refractivity contribution is 0.272. The maximum atomic E-state index is 10.9. The van der Waals surface area contributed by atoms with Crippen molar-refractivity contribution in [2.75, 3.05) is 25.7 Å². The number of rotatable bonds is 12. The average molecular weight is 333 g/mol. The van der Waals surface area contributed by atoms with Gasteiger partial charge in [0.15, 0.2) is 0 Å². The lowest BCUT2D eigenvalue weighted by atomic mass is 10.1. The van der Waals surface area contributed by atoms with Crippen LogP contribution in [0.4, 0.5) is 0 Å². The Kier molecular flexibility index (Phi) is 10.1. The molecule has 8 nitrogen and oxygen atoms in total. The van der Waals surface area contributed by atoms with Crippen LogP contribution in [0.15, 0.2) is 0 Å². The van der Waals surface area contributed by atoms with E-state index in [4.69, 9.17) is 24.7 Å². The van der Waals surface area contributed by atoms with Crippen LogP contribution in [0.2, 0.25) is 0 Å². The minimum absolute atomic E-state index is 0.179. The number of hydrogen-bond acceptors (Lipinski definition) is 4. The van der Waals surface area contributed by atoms with E-state index in [9.17, 15) is 9.13 Å². The number of nitrogens with zero attached hydrogens (tertiary/aromatic N) is 1. The Bertz CT molecular complexity index is 316. The predicted octanol–water partition coefficient (Wildman–Crippen LogP) is 0.892. The van der Waals surface area contributed by atoms with Crippen LogP contribution >= 0.6 is 15.2 Å². The highest BCUT2D eigenvalue weighted by Crippen LogP contribution is 2.40. The molecule has 0 amide bonds. The standard InChI is InChI=1S/C10H25NO7P2/c12-8-6-4-2-1-3-5-7-11(9-19(13,14)15)10-20(16,17)18/h12H,1-10H2,(H2,13,14,15)(H2,16,17,18). The van der Waals surface area contributed by atoms with E-state index < -0.39 is 27.8 Å². The van der Waals surface area contributed by atoms with Gasteiger partial charge in [0.25, 0.3) is 0 Å². The van der Waals surface area contributed by atoms with Crippen LogP contribution in [0.3, 0.4) is 0 Å². The zero-order chi connectivity index (χ0) is 15.6. The molecule has 0 spiro atoms. The maximum Gasteiger partial charge on any atom is 0.339 e. The van der Waals surface area contributed by atoms with Crippen LogP contribution in [0.1, 0.15) is 38.5 Å². The van der Waals surface area contributed by atoms with Crippen molar-refractivity contribution >= 4 is 15.2 Å². The Morgan fingerprint density at radius 2 is 1.10 bits per heavy atom. The predicted molar refractivity (Wildman–Crippen MR) is 75.3 cm³/mol. The SMILES string of the molecule is O=P(O)(O)CN(CCCCCCCCO)CP(=O)(O)O. The number of unbranched alkanes of at least 4 members (excludes halogenated alkanes) is 5. The smallest absolute Gasteiger partial charge is 0.339 e. The van der Waals surface area contributed by atoms with Gasteiger partial charge >= 0.3 is 15.2 Å². The van der Waals surface area contributed by atoms with E-state index in [1.165, 1.54) is 0 Å². The van der Waals surface area contributed by atoms with E-state index in [0.717, 1.165) is 37.0 Å². The van der Waals surface area contributed by atoms with E-state index >= 15 is 0 Å². The summed E-state index contributed by atoms with van der Waals surface area (Å²) in [5, 5.41) is 8.60. The maximum absolute atomic E-state index is 10.9. The van der Waals surface area contributed by atoms with Crippen LogP contribution < -0.4 is 0 Å². The number of aliphatic hydroxyl groups excluding tert-OH is 1. The Hall–Kier alpha value is 0.220. The molecule has 0 aliphatic heterocycles. The van der Waals surface area contributed by atoms with E-state index in [0.29, 0.717) is 6.42 Å². The third kappa shape index (κ3) is 14.6. The van der Waals surface area contributed by atoms with E-state index in [1.807, 2.05) is 0 Å². The first-order chi connectivity index (χ1) is 9.14. The molecule has 0 aliphatic carbocycles. The summed E-state index contributed by atoms with van der Waals surface area (Å²) in [5.74, 6) is 0. The van der Waals surface area contributed by atoms with Crippen molar-refractivity contribution in [3.8, 4) is 0 Å². The second kappa shape index (κ2) is 10.0. The summed E-state index contributed by atoms with van der Waals surface area (Å²) < 4.78 is 21.8. The highest BCUT2D eigenvalue weighted by molar-refractivity contribution is 7.52. The first-order valence-corrected chi connectivity index (χ1v) is 10.2. The molecule has 10 heteroatoms. The first kappa shape index (κ1) is 20.2. The minimum Gasteiger partial charge on any atom is -0.396 e. The molecule has 0 aromatic carbocycles. The van der Waals surface area contributed by atoms with Gasteiger partial charge in [-0.3, -0.25) is 14.0 Å². The number of aliphatic hydroxyl groups is 1. The third-order valence-corrected chi connectivity index (χ3v) is 4.19. The largest absolute Gasteiger partial charge is 0.396 e. The van der Waals surface area contributed by atoms with Crippen molar-refractivity contribution in [1.29, 1.82) is 0 Å². The van der Waals surface area contributed by atoms with Crippen molar-refractivity contribution in [2.45, 2.75) is 38.5 Å².